The van der Waals surface area contributed by atoms with Gasteiger partial charge in [0.1, 0.15) is 12.3 Å². The first-order chi connectivity index (χ1) is 15.3. The number of methoxy groups -OCH3 is 1. The molecule has 0 radical (unpaired) electrons. The van der Waals surface area contributed by atoms with E-state index in [-0.39, 0.29) is 11.4 Å². The SMILES string of the molecule is CCSc1ccccc1NC(=O)CN(c1cccc(OC)c1)S(=O)(=O)c1ccc(C)cc1. The van der Waals surface area contributed by atoms with Crippen molar-refractivity contribution in [1.29, 1.82) is 0 Å². The minimum absolute atomic E-state index is 0.112. The maximum atomic E-state index is 13.5. The summed E-state index contributed by atoms with van der Waals surface area (Å²) >= 11 is 1.60. The molecule has 0 spiro atoms. The highest BCUT2D eigenvalue weighted by atomic mass is 32.2. The molecular weight excluding hydrogens is 444 g/mol. The van der Waals surface area contributed by atoms with E-state index < -0.39 is 15.9 Å². The zero-order valence-corrected chi connectivity index (χ0v) is 19.9. The lowest BCUT2D eigenvalue weighted by molar-refractivity contribution is -0.114. The molecule has 0 fully saturated rings. The summed E-state index contributed by atoms with van der Waals surface area (Å²) in [6.45, 7) is 3.53. The zero-order valence-electron chi connectivity index (χ0n) is 18.2. The van der Waals surface area contributed by atoms with Gasteiger partial charge in [0.25, 0.3) is 10.0 Å². The van der Waals surface area contributed by atoms with Gasteiger partial charge in [-0.15, -0.1) is 11.8 Å². The Hall–Kier alpha value is -2.97. The largest absolute Gasteiger partial charge is 0.497 e. The van der Waals surface area contributed by atoms with Crippen molar-refractivity contribution in [3.63, 3.8) is 0 Å². The normalized spacial score (nSPS) is 11.1. The van der Waals surface area contributed by atoms with Crippen molar-refractivity contribution in [1.82, 2.24) is 0 Å². The van der Waals surface area contributed by atoms with Gasteiger partial charge in [0.2, 0.25) is 5.91 Å². The smallest absolute Gasteiger partial charge is 0.264 e. The number of benzene rings is 3. The Kier molecular flexibility index (Phi) is 7.82. The van der Waals surface area contributed by atoms with Crippen molar-refractivity contribution >= 4 is 39.1 Å². The number of thioether (sulfide) groups is 1. The van der Waals surface area contributed by atoms with Gasteiger partial charge in [-0.25, -0.2) is 8.42 Å². The van der Waals surface area contributed by atoms with E-state index in [4.69, 9.17) is 4.74 Å². The molecule has 0 aliphatic heterocycles. The average Bonchev–Trinajstić information content (AvgIpc) is 2.79. The lowest BCUT2D eigenvalue weighted by atomic mass is 10.2. The van der Waals surface area contributed by atoms with E-state index in [2.05, 4.69) is 5.32 Å². The van der Waals surface area contributed by atoms with E-state index in [0.29, 0.717) is 17.1 Å². The minimum atomic E-state index is -3.99. The Morgan fingerprint density at radius 2 is 1.75 bits per heavy atom. The van der Waals surface area contributed by atoms with Gasteiger partial charge in [0, 0.05) is 11.0 Å². The van der Waals surface area contributed by atoms with Crippen LogP contribution in [-0.2, 0) is 14.8 Å². The molecule has 0 unspecified atom stereocenters. The number of hydrogen-bond donors (Lipinski definition) is 1. The lowest BCUT2D eigenvalue weighted by Crippen LogP contribution is -2.38. The predicted molar refractivity (Wildman–Crippen MR) is 130 cm³/mol. The molecule has 0 aliphatic rings. The highest BCUT2D eigenvalue weighted by Gasteiger charge is 2.27. The molecule has 1 N–H and O–H groups in total. The molecule has 32 heavy (non-hydrogen) atoms. The van der Waals surface area contributed by atoms with Crippen molar-refractivity contribution in [3.8, 4) is 5.75 Å². The Labute approximate surface area is 193 Å². The molecule has 3 aromatic carbocycles. The summed E-state index contributed by atoms with van der Waals surface area (Å²) in [5.41, 5.74) is 1.94. The first-order valence-electron chi connectivity index (χ1n) is 10.1. The third-order valence-corrected chi connectivity index (χ3v) is 7.44. The first-order valence-corrected chi connectivity index (χ1v) is 12.5. The number of para-hydroxylation sites is 1. The maximum absolute atomic E-state index is 13.5. The van der Waals surface area contributed by atoms with Gasteiger partial charge in [-0.2, -0.15) is 0 Å². The monoisotopic (exact) mass is 470 g/mol. The van der Waals surface area contributed by atoms with Crippen LogP contribution in [0.3, 0.4) is 0 Å². The van der Waals surface area contributed by atoms with Crippen molar-refractivity contribution in [2.45, 2.75) is 23.6 Å². The second-order valence-corrected chi connectivity index (χ2v) is 10.2. The Balaban J connectivity index is 1.96. The standard InChI is InChI=1S/C24H26N2O4S2/c1-4-31-23-11-6-5-10-22(23)25-24(27)17-26(19-8-7-9-20(16-19)30-3)32(28,29)21-14-12-18(2)13-15-21/h5-16H,4,17H2,1-3H3,(H,25,27). The zero-order chi connectivity index (χ0) is 23.1. The first kappa shape index (κ1) is 23.7. The fraction of sp³-hybridized carbons (Fsp3) is 0.208. The van der Waals surface area contributed by atoms with Gasteiger partial charge < -0.3 is 10.1 Å². The van der Waals surface area contributed by atoms with Crippen LogP contribution in [0.1, 0.15) is 12.5 Å². The average molecular weight is 471 g/mol. The lowest BCUT2D eigenvalue weighted by Gasteiger charge is -2.24. The van der Waals surface area contributed by atoms with Gasteiger partial charge in [0.05, 0.1) is 23.4 Å². The van der Waals surface area contributed by atoms with Crippen LogP contribution in [0.4, 0.5) is 11.4 Å². The van der Waals surface area contributed by atoms with E-state index >= 15 is 0 Å². The van der Waals surface area contributed by atoms with E-state index in [1.807, 2.05) is 32.0 Å². The van der Waals surface area contributed by atoms with Crippen molar-refractivity contribution in [2.75, 3.05) is 29.0 Å². The molecule has 168 valence electrons. The number of ether oxygens (including phenoxy) is 1. The third kappa shape index (κ3) is 5.63. The van der Waals surface area contributed by atoms with Crippen LogP contribution < -0.4 is 14.4 Å². The predicted octanol–water partition coefficient (Wildman–Crippen LogP) is 4.95. The molecule has 3 aromatic rings. The number of anilines is 2. The second-order valence-electron chi connectivity index (χ2n) is 7.00. The summed E-state index contributed by atoms with van der Waals surface area (Å²) in [6.07, 6.45) is 0. The number of rotatable bonds is 9. The van der Waals surface area contributed by atoms with Gasteiger partial charge >= 0.3 is 0 Å². The summed E-state index contributed by atoms with van der Waals surface area (Å²) in [4.78, 5) is 14.0. The van der Waals surface area contributed by atoms with E-state index in [1.165, 1.54) is 7.11 Å². The third-order valence-electron chi connectivity index (χ3n) is 4.70. The summed E-state index contributed by atoms with van der Waals surface area (Å²) in [7, 11) is -2.48. The number of carbonyl (C=O) groups is 1. The highest BCUT2D eigenvalue weighted by Crippen LogP contribution is 2.29. The molecule has 3 rings (SSSR count). The van der Waals surface area contributed by atoms with Gasteiger partial charge in [0.15, 0.2) is 0 Å². The van der Waals surface area contributed by atoms with Crippen LogP contribution in [0.2, 0.25) is 0 Å². The van der Waals surface area contributed by atoms with E-state index in [9.17, 15) is 13.2 Å². The van der Waals surface area contributed by atoms with E-state index in [0.717, 1.165) is 20.5 Å². The van der Waals surface area contributed by atoms with Crippen molar-refractivity contribution in [3.05, 3.63) is 78.4 Å². The molecule has 0 bridgehead atoms. The van der Waals surface area contributed by atoms with Gasteiger partial charge in [-0.3, -0.25) is 9.10 Å². The quantitative estimate of drug-likeness (QED) is 0.448. The number of carbonyl (C=O) groups excluding carboxylic acids is 1. The number of sulfonamides is 1. The number of aryl methyl sites for hydroxylation is 1. The Bertz CT molecular complexity index is 1180. The molecule has 0 atom stereocenters. The van der Waals surface area contributed by atoms with E-state index in [1.54, 1.807) is 66.4 Å². The summed E-state index contributed by atoms with van der Waals surface area (Å²) in [5.74, 6) is 0.911. The van der Waals surface area contributed by atoms with Crippen LogP contribution in [0, 0.1) is 6.92 Å². The number of hydrogen-bond acceptors (Lipinski definition) is 5. The molecule has 0 saturated carbocycles. The van der Waals surface area contributed by atoms with Crippen LogP contribution in [0.5, 0.6) is 5.75 Å². The fourth-order valence-corrected chi connectivity index (χ4v) is 5.26. The molecule has 0 aliphatic carbocycles. The molecule has 0 saturated heterocycles. The topological polar surface area (TPSA) is 75.7 Å². The highest BCUT2D eigenvalue weighted by molar-refractivity contribution is 7.99. The van der Waals surface area contributed by atoms with Crippen LogP contribution in [0.15, 0.2) is 82.6 Å². The Morgan fingerprint density at radius 1 is 1.03 bits per heavy atom. The minimum Gasteiger partial charge on any atom is -0.497 e. The van der Waals surface area contributed by atoms with Crippen LogP contribution in [0.25, 0.3) is 0 Å². The molecule has 8 heteroatoms. The Morgan fingerprint density at radius 3 is 2.44 bits per heavy atom. The summed E-state index contributed by atoms with van der Waals surface area (Å²) < 4.78 is 33.4. The fourth-order valence-electron chi connectivity index (χ4n) is 3.09. The number of amides is 1. The van der Waals surface area contributed by atoms with Gasteiger partial charge in [-0.1, -0.05) is 42.8 Å². The van der Waals surface area contributed by atoms with Crippen molar-refractivity contribution in [2.24, 2.45) is 0 Å². The molecule has 6 nitrogen and oxygen atoms in total. The maximum Gasteiger partial charge on any atom is 0.264 e. The number of nitrogens with one attached hydrogen (secondary N) is 1. The molecule has 1 amide bonds. The summed E-state index contributed by atoms with van der Waals surface area (Å²) in [5, 5.41) is 2.86. The molecule has 0 heterocycles. The molecular formula is C24H26N2O4S2. The van der Waals surface area contributed by atoms with Crippen LogP contribution >= 0.6 is 11.8 Å². The summed E-state index contributed by atoms with van der Waals surface area (Å²) in [6, 6.07) is 20.7. The second kappa shape index (κ2) is 10.6. The van der Waals surface area contributed by atoms with Crippen molar-refractivity contribution < 1.29 is 17.9 Å². The number of nitrogens with zero attached hydrogens (tertiary/aromatic N) is 1. The molecule has 0 aromatic heterocycles. The van der Waals surface area contributed by atoms with Gasteiger partial charge in [-0.05, 0) is 49.1 Å². The van der Waals surface area contributed by atoms with Crippen LogP contribution in [-0.4, -0.2) is 33.7 Å².